The smallest absolute Gasteiger partial charge is 0.204 e. The van der Waals surface area contributed by atoms with Gasteiger partial charge in [-0.05, 0) is 67.2 Å². The molecule has 0 radical (unpaired) electrons. The van der Waals surface area contributed by atoms with Crippen LogP contribution in [0.5, 0.6) is 11.5 Å². The first-order chi connectivity index (χ1) is 15.7. The average Bonchev–Trinajstić information content (AvgIpc) is 2.84. The van der Waals surface area contributed by atoms with Gasteiger partial charge in [-0.3, -0.25) is 0 Å². The summed E-state index contributed by atoms with van der Waals surface area (Å²) in [5.74, 6) is 3.87. The van der Waals surface area contributed by atoms with Gasteiger partial charge in [0.2, 0.25) is 6.29 Å². The molecular formula is C29H40O3. The van der Waals surface area contributed by atoms with Gasteiger partial charge in [-0.15, -0.1) is 0 Å². The van der Waals surface area contributed by atoms with Gasteiger partial charge in [0.1, 0.15) is 11.5 Å². The van der Waals surface area contributed by atoms with Gasteiger partial charge in [0.15, 0.2) is 0 Å². The van der Waals surface area contributed by atoms with Crippen molar-refractivity contribution in [2.45, 2.75) is 89.9 Å². The molecular weight excluding hydrogens is 396 g/mol. The zero-order chi connectivity index (χ0) is 22.3. The van der Waals surface area contributed by atoms with E-state index >= 15 is 0 Å². The minimum atomic E-state index is -0.313. The van der Waals surface area contributed by atoms with Crippen LogP contribution in [0.2, 0.25) is 0 Å². The van der Waals surface area contributed by atoms with Crippen LogP contribution in [-0.4, -0.2) is 19.5 Å². The van der Waals surface area contributed by atoms with Crippen LogP contribution in [0.15, 0.2) is 48.5 Å². The molecule has 2 saturated carbocycles. The van der Waals surface area contributed by atoms with Crippen molar-refractivity contribution in [3.63, 3.8) is 0 Å². The number of methoxy groups -OCH3 is 1. The summed E-state index contributed by atoms with van der Waals surface area (Å²) in [6.45, 7) is 4.50. The van der Waals surface area contributed by atoms with Crippen molar-refractivity contribution >= 4 is 0 Å². The van der Waals surface area contributed by atoms with E-state index in [2.05, 4.69) is 50.2 Å². The normalized spacial score (nSPS) is 24.9. The fourth-order valence-corrected chi connectivity index (χ4v) is 5.67. The van der Waals surface area contributed by atoms with E-state index in [4.69, 9.17) is 14.2 Å². The largest absolute Gasteiger partial charge is 0.496 e. The van der Waals surface area contributed by atoms with E-state index in [1.807, 2.05) is 12.1 Å². The molecule has 0 aliphatic heterocycles. The molecule has 0 amide bonds. The number of ether oxygens (including phenoxy) is 3. The molecule has 2 aromatic rings. The van der Waals surface area contributed by atoms with E-state index < -0.39 is 0 Å². The quantitative estimate of drug-likeness (QED) is 0.380. The molecule has 2 aliphatic carbocycles. The second-order valence-electron chi connectivity index (χ2n) is 9.76. The monoisotopic (exact) mass is 436 g/mol. The van der Waals surface area contributed by atoms with Crippen LogP contribution in [0, 0.1) is 11.8 Å². The van der Waals surface area contributed by atoms with Crippen molar-refractivity contribution < 1.29 is 14.2 Å². The third-order valence-electron chi connectivity index (χ3n) is 7.74. The predicted molar refractivity (Wildman–Crippen MR) is 130 cm³/mol. The summed E-state index contributed by atoms with van der Waals surface area (Å²) in [5.41, 5.74) is 2.49. The van der Waals surface area contributed by atoms with Gasteiger partial charge in [-0.2, -0.15) is 0 Å². The second-order valence-corrected chi connectivity index (χ2v) is 9.76. The molecule has 5 atom stereocenters. The molecule has 4 rings (SSSR count). The Labute approximate surface area is 194 Å². The first-order valence-electron chi connectivity index (χ1n) is 12.7. The zero-order valence-corrected chi connectivity index (χ0v) is 20.1. The summed E-state index contributed by atoms with van der Waals surface area (Å²) in [7, 11) is 1.73. The van der Waals surface area contributed by atoms with Crippen molar-refractivity contribution in [1.29, 1.82) is 0 Å². The first-order valence-corrected chi connectivity index (χ1v) is 12.7. The number of hydrogen-bond acceptors (Lipinski definition) is 3. The molecule has 0 spiro atoms. The number of benzene rings is 2. The van der Waals surface area contributed by atoms with Crippen molar-refractivity contribution in [1.82, 2.24) is 0 Å². The lowest BCUT2D eigenvalue weighted by Gasteiger charge is -2.42. The summed E-state index contributed by atoms with van der Waals surface area (Å²) in [6, 6.07) is 16.8. The number of rotatable bonds is 9. The molecule has 0 N–H and O–H groups in total. The molecule has 0 aromatic heterocycles. The van der Waals surface area contributed by atoms with Crippen molar-refractivity contribution in [3.8, 4) is 11.5 Å². The lowest BCUT2D eigenvalue weighted by atomic mass is 9.69. The molecule has 5 unspecified atom stereocenters. The highest BCUT2D eigenvalue weighted by atomic mass is 16.7. The predicted octanol–water partition coefficient (Wildman–Crippen LogP) is 7.53. The molecule has 0 saturated heterocycles. The van der Waals surface area contributed by atoms with E-state index in [0.29, 0.717) is 24.4 Å². The van der Waals surface area contributed by atoms with Crippen LogP contribution < -0.4 is 9.47 Å². The summed E-state index contributed by atoms with van der Waals surface area (Å²) in [4.78, 5) is 0. The zero-order valence-electron chi connectivity index (χ0n) is 20.1. The van der Waals surface area contributed by atoms with Crippen LogP contribution in [0.4, 0.5) is 0 Å². The van der Waals surface area contributed by atoms with E-state index in [0.717, 1.165) is 35.8 Å². The van der Waals surface area contributed by atoms with E-state index in [-0.39, 0.29) is 6.29 Å². The lowest BCUT2D eigenvalue weighted by molar-refractivity contribution is -0.157. The summed E-state index contributed by atoms with van der Waals surface area (Å²) < 4.78 is 18.9. The highest BCUT2D eigenvalue weighted by Gasteiger charge is 2.37. The molecule has 32 heavy (non-hydrogen) atoms. The lowest BCUT2D eigenvalue weighted by Crippen LogP contribution is -2.40. The molecule has 2 aromatic carbocycles. The van der Waals surface area contributed by atoms with Crippen molar-refractivity contribution in [3.05, 3.63) is 59.7 Å². The fourth-order valence-electron chi connectivity index (χ4n) is 5.67. The summed E-state index contributed by atoms with van der Waals surface area (Å²) in [5, 5.41) is 0. The highest BCUT2D eigenvalue weighted by molar-refractivity contribution is 5.34. The maximum Gasteiger partial charge on any atom is 0.204 e. The first kappa shape index (κ1) is 23.2. The Balaban J connectivity index is 1.52. The molecule has 3 nitrogen and oxygen atoms in total. The Morgan fingerprint density at radius 3 is 2.44 bits per heavy atom. The van der Waals surface area contributed by atoms with Gasteiger partial charge >= 0.3 is 0 Å². The Morgan fingerprint density at radius 2 is 1.66 bits per heavy atom. The van der Waals surface area contributed by atoms with Crippen LogP contribution in [0.3, 0.4) is 0 Å². The van der Waals surface area contributed by atoms with Gasteiger partial charge < -0.3 is 14.2 Å². The van der Waals surface area contributed by atoms with Gasteiger partial charge in [-0.1, -0.05) is 69.9 Å². The summed E-state index contributed by atoms with van der Waals surface area (Å²) >= 11 is 0. The van der Waals surface area contributed by atoms with Crippen molar-refractivity contribution in [2.75, 3.05) is 7.11 Å². The Bertz CT molecular complexity index is 829. The SMILES string of the molecule is CCC(C)c1ccc(OC(Cc2ccccc2OC)OC2CCCC3CCCCC32)cc1. The van der Waals surface area contributed by atoms with Crippen LogP contribution in [-0.2, 0) is 11.2 Å². The average molecular weight is 437 g/mol. The fraction of sp³-hybridized carbons (Fsp3) is 0.586. The third-order valence-corrected chi connectivity index (χ3v) is 7.74. The van der Waals surface area contributed by atoms with Gasteiger partial charge in [-0.25, -0.2) is 0 Å². The van der Waals surface area contributed by atoms with Gasteiger partial charge in [0.25, 0.3) is 0 Å². The highest BCUT2D eigenvalue weighted by Crippen LogP contribution is 2.42. The standard InChI is InChI=1S/C29H40O3/c1-4-21(2)22-16-18-25(19-17-22)31-29(20-24-11-6-8-14-27(24)30-3)32-28-15-9-12-23-10-5-7-13-26(23)28/h6,8,11,14,16-19,21,23,26,28-29H,4-5,7,9-10,12-13,15,20H2,1-3H3. The molecule has 0 heterocycles. The van der Waals surface area contributed by atoms with E-state index in [1.165, 1.54) is 44.1 Å². The Kier molecular flexibility index (Phi) is 8.13. The van der Waals surface area contributed by atoms with Crippen LogP contribution >= 0.6 is 0 Å². The molecule has 174 valence electrons. The topological polar surface area (TPSA) is 27.7 Å². The third kappa shape index (κ3) is 5.67. The van der Waals surface area contributed by atoms with Crippen LogP contribution in [0.1, 0.15) is 82.3 Å². The maximum absolute atomic E-state index is 6.79. The summed E-state index contributed by atoms with van der Waals surface area (Å²) in [6.07, 6.45) is 11.0. The number of hydrogen-bond donors (Lipinski definition) is 0. The van der Waals surface area contributed by atoms with Crippen molar-refractivity contribution in [2.24, 2.45) is 11.8 Å². The van der Waals surface area contributed by atoms with E-state index in [9.17, 15) is 0 Å². The number of para-hydroxylation sites is 1. The number of fused-ring (bicyclic) bond motifs is 1. The van der Waals surface area contributed by atoms with Crippen LogP contribution in [0.25, 0.3) is 0 Å². The molecule has 3 heteroatoms. The minimum Gasteiger partial charge on any atom is -0.496 e. The Hall–Kier alpha value is -2.00. The van der Waals surface area contributed by atoms with Gasteiger partial charge in [0.05, 0.1) is 13.2 Å². The second kappa shape index (κ2) is 11.2. The molecule has 2 fully saturated rings. The molecule has 0 bridgehead atoms. The molecule has 2 aliphatic rings. The maximum atomic E-state index is 6.79. The van der Waals surface area contributed by atoms with E-state index in [1.54, 1.807) is 7.11 Å². The Morgan fingerprint density at radius 1 is 0.906 bits per heavy atom. The minimum absolute atomic E-state index is 0.299. The van der Waals surface area contributed by atoms with Gasteiger partial charge in [0, 0.05) is 12.0 Å².